The normalized spacial score (nSPS) is 12.9. The SMILES string of the molecule is c1ccc(-c2nc(-c3ccc(-c4nc5ccccc5c5c6c(ccc45)C(c4ccccc4)(c4ccccc4)c4ccccc4-6)cc3)nc3ccccc23)cc1. The summed E-state index contributed by atoms with van der Waals surface area (Å²) in [6, 6.07) is 71.4. The molecule has 0 spiro atoms. The zero-order valence-corrected chi connectivity index (χ0v) is 29.9. The maximum absolute atomic E-state index is 5.37. The van der Waals surface area contributed by atoms with E-state index in [1.165, 1.54) is 38.8 Å². The van der Waals surface area contributed by atoms with Crippen LogP contribution in [0.15, 0.2) is 200 Å². The molecule has 0 saturated carbocycles. The molecule has 0 unspecified atom stereocenters. The second kappa shape index (κ2) is 12.4. The highest BCUT2D eigenvalue weighted by atomic mass is 14.9. The lowest BCUT2D eigenvalue weighted by Crippen LogP contribution is -2.28. The van der Waals surface area contributed by atoms with Gasteiger partial charge in [0.2, 0.25) is 0 Å². The zero-order valence-electron chi connectivity index (χ0n) is 29.9. The summed E-state index contributed by atoms with van der Waals surface area (Å²) >= 11 is 0. The van der Waals surface area contributed by atoms with Crippen LogP contribution < -0.4 is 0 Å². The third kappa shape index (κ3) is 4.73. The first-order chi connectivity index (χ1) is 27.3. The molecule has 10 aromatic rings. The van der Waals surface area contributed by atoms with E-state index in [1.54, 1.807) is 0 Å². The number of pyridine rings is 1. The maximum atomic E-state index is 5.37. The van der Waals surface area contributed by atoms with Crippen LogP contribution in [-0.4, -0.2) is 15.0 Å². The molecule has 0 saturated heterocycles. The Kier molecular flexibility index (Phi) is 7.08. The summed E-state index contributed by atoms with van der Waals surface area (Å²) < 4.78 is 0. The van der Waals surface area contributed by atoms with Gasteiger partial charge in [-0.1, -0.05) is 188 Å². The summed E-state index contributed by atoms with van der Waals surface area (Å²) in [5.74, 6) is 0.702. The number of hydrogen-bond acceptors (Lipinski definition) is 3. The van der Waals surface area contributed by atoms with Crippen molar-refractivity contribution < 1.29 is 0 Å². The Bertz CT molecular complexity index is 3030. The third-order valence-corrected chi connectivity index (χ3v) is 11.4. The fraction of sp³-hybridized carbons (Fsp3) is 0.0192. The second-order valence-corrected chi connectivity index (χ2v) is 14.3. The molecule has 256 valence electrons. The van der Waals surface area contributed by atoms with Crippen molar-refractivity contribution in [1.29, 1.82) is 0 Å². The van der Waals surface area contributed by atoms with Crippen LogP contribution in [0, 0.1) is 0 Å². The molecule has 0 amide bonds. The lowest BCUT2D eigenvalue weighted by molar-refractivity contribution is 0.769. The van der Waals surface area contributed by atoms with Crippen molar-refractivity contribution in [2.24, 2.45) is 0 Å². The average molecular weight is 700 g/mol. The van der Waals surface area contributed by atoms with Crippen LogP contribution in [0.3, 0.4) is 0 Å². The highest BCUT2D eigenvalue weighted by Crippen LogP contribution is 2.58. The van der Waals surface area contributed by atoms with Crippen molar-refractivity contribution in [2.45, 2.75) is 5.41 Å². The molecule has 0 fully saturated rings. The number of rotatable bonds is 5. The fourth-order valence-electron chi connectivity index (χ4n) is 8.99. The van der Waals surface area contributed by atoms with Crippen molar-refractivity contribution in [2.75, 3.05) is 0 Å². The Morgan fingerprint density at radius 1 is 0.327 bits per heavy atom. The third-order valence-electron chi connectivity index (χ3n) is 11.4. The summed E-state index contributed by atoms with van der Waals surface area (Å²) in [6.07, 6.45) is 0. The van der Waals surface area contributed by atoms with Gasteiger partial charge >= 0.3 is 0 Å². The van der Waals surface area contributed by atoms with E-state index in [-0.39, 0.29) is 0 Å². The van der Waals surface area contributed by atoms with Crippen LogP contribution in [-0.2, 0) is 5.41 Å². The molecule has 8 aromatic carbocycles. The standard InChI is InChI=1S/C52H33N3/c1-4-16-34(17-5-1)49-41-24-12-15-27-46(41)54-51(55-49)36-30-28-35(29-31-36)50-42-32-33-44-48(47(42)40-23-11-14-26-45(40)53-50)39-22-10-13-25-43(39)52(44,37-18-6-2-7-19-37)38-20-8-3-9-21-38/h1-33H. The maximum Gasteiger partial charge on any atom is 0.160 e. The van der Waals surface area contributed by atoms with Crippen LogP contribution in [0.5, 0.6) is 0 Å². The van der Waals surface area contributed by atoms with E-state index in [9.17, 15) is 0 Å². The van der Waals surface area contributed by atoms with Crippen molar-refractivity contribution in [1.82, 2.24) is 15.0 Å². The molecule has 1 aliphatic carbocycles. The Labute approximate surface area is 319 Å². The Hall–Kier alpha value is -7.23. The van der Waals surface area contributed by atoms with Crippen LogP contribution in [0.1, 0.15) is 22.3 Å². The predicted molar refractivity (Wildman–Crippen MR) is 226 cm³/mol. The van der Waals surface area contributed by atoms with Crippen LogP contribution in [0.4, 0.5) is 0 Å². The van der Waals surface area contributed by atoms with E-state index in [0.717, 1.165) is 55.3 Å². The van der Waals surface area contributed by atoms with Crippen molar-refractivity contribution >= 4 is 32.6 Å². The van der Waals surface area contributed by atoms with Crippen LogP contribution in [0.2, 0.25) is 0 Å². The first-order valence-electron chi connectivity index (χ1n) is 18.8. The largest absolute Gasteiger partial charge is 0.247 e. The molecule has 11 rings (SSSR count). The van der Waals surface area contributed by atoms with Crippen molar-refractivity contribution in [3.05, 3.63) is 222 Å². The summed E-state index contributed by atoms with van der Waals surface area (Å²) in [5.41, 5.74) is 14.0. The van der Waals surface area contributed by atoms with E-state index in [2.05, 4.69) is 182 Å². The number of nitrogens with zero attached hydrogens (tertiary/aromatic N) is 3. The molecule has 0 radical (unpaired) electrons. The minimum Gasteiger partial charge on any atom is -0.247 e. The van der Waals surface area contributed by atoms with E-state index in [1.807, 2.05) is 18.2 Å². The minimum absolute atomic E-state index is 0.479. The molecular formula is C52H33N3. The molecule has 3 nitrogen and oxygen atoms in total. The quantitative estimate of drug-likeness (QED) is 0.168. The van der Waals surface area contributed by atoms with Gasteiger partial charge in [0.05, 0.1) is 27.8 Å². The molecule has 1 aliphatic rings. The second-order valence-electron chi connectivity index (χ2n) is 14.3. The summed E-state index contributed by atoms with van der Waals surface area (Å²) in [6.45, 7) is 0. The smallest absolute Gasteiger partial charge is 0.160 e. The Balaban J connectivity index is 1.14. The van der Waals surface area contributed by atoms with Gasteiger partial charge < -0.3 is 0 Å². The van der Waals surface area contributed by atoms with Gasteiger partial charge in [0.1, 0.15) is 0 Å². The summed E-state index contributed by atoms with van der Waals surface area (Å²) in [5, 5.41) is 4.55. The highest BCUT2D eigenvalue weighted by Gasteiger charge is 2.46. The Morgan fingerprint density at radius 3 is 1.56 bits per heavy atom. The Morgan fingerprint density at radius 2 is 0.855 bits per heavy atom. The molecule has 2 aromatic heterocycles. The topological polar surface area (TPSA) is 38.7 Å². The van der Waals surface area contributed by atoms with Gasteiger partial charge in [0.25, 0.3) is 0 Å². The van der Waals surface area contributed by atoms with E-state index < -0.39 is 5.41 Å². The molecule has 0 aliphatic heterocycles. The van der Waals surface area contributed by atoms with Crippen LogP contribution in [0.25, 0.3) is 77.6 Å². The van der Waals surface area contributed by atoms with Gasteiger partial charge in [-0.3, -0.25) is 0 Å². The monoisotopic (exact) mass is 699 g/mol. The van der Waals surface area contributed by atoms with Crippen LogP contribution >= 0.6 is 0 Å². The molecule has 2 heterocycles. The molecular weight excluding hydrogens is 667 g/mol. The van der Waals surface area contributed by atoms with Crippen molar-refractivity contribution in [3.8, 4) is 45.0 Å². The van der Waals surface area contributed by atoms with Gasteiger partial charge in [-0.25, -0.2) is 15.0 Å². The molecule has 3 heteroatoms. The average Bonchev–Trinajstić information content (AvgIpc) is 3.58. The number of aromatic nitrogens is 3. The number of benzene rings is 8. The van der Waals surface area contributed by atoms with Crippen molar-refractivity contribution in [3.63, 3.8) is 0 Å². The summed E-state index contributed by atoms with van der Waals surface area (Å²) in [7, 11) is 0. The highest BCUT2D eigenvalue weighted by molar-refractivity contribution is 6.19. The van der Waals surface area contributed by atoms with Gasteiger partial charge in [0.15, 0.2) is 5.82 Å². The minimum atomic E-state index is -0.479. The first-order valence-corrected chi connectivity index (χ1v) is 18.8. The molecule has 0 N–H and O–H groups in total. The molecule has 0 bridgehead atoms. The first kappa shape index (κ1) is 31.3. The van der Waals surface area contributed by atoms with Gasteiger partial charge in [-0.2, -0.15) is 0 Å². The lowest BCUT2D eigenvalue weighted by atomic mass is 9.67. The van der Waals surface area contributed by atoms with Gasteiger partial charge in [0, 0.05) is 38.2 Å². The molecule has 55 heavy (non-hydrogen) atoms. The van der Waals surface area contributed by atoms with Gasteiger partial charge in [-0.15, -0.1) is 0 Å². The zero-order chi connectivity index (χ0) is 36.3. The van der Waals surface area contributed by atoms with E-state index >= 15 is 0 Å². The fourth-order valence-corrected chi connectivity index (χ4v) is 8.99. The van der Waals surface area contributed by atoms with E-state index in [0.29, 0.717) is 5.82 Å². The summed E-state index contributed by atoms with van der Waals surface area (Å²) in [4.78, 5) is 15.5. The number of para-hydroxylation sites is 2. The molecule has 0 atom stereocenters. The number of fused-ring (bicyclic) bond motifs is 8. The number of hydrogen-bond donors (Lipinski definition) is 0. The predicted octanol–water partition coefficient (Wildman–Crippen LogP) is 12.7. The lowest BCUT2D eigenvalue weighted by Gasteiger charge is -2.34. The van der Waals surface area contributed by atoms with E-state index in [4.69, 9.17) is 15.0 Å². The van der Waals surface area contributed by atoms with Gasteiger partial charge in [-0.05, 0) is 45.5 Å².